The topological polar surface area (TPSA) is 0 Å². The van der Waals surface area contributed by atoms with Gasteiger partial charge in [0, 0.05) is 0 Å². The van der Waals surface area contributed by atoms with Crippen LogP contribution in [0.15, 0.2) is 54.1 Å². The van der Waals surface area contributed by atoms with Crippen LogP contribution in [0, 0.1) is 5.41 Å². The Hall–Kier alpha value is -1.20. The molecule has 2 aliphatic rings. The molecule has 23 heavy (non-hydrogen) atoms. The zero-order valence-electron chi connectivity index (χ0n) is 14.0. The van der Waals surface area contributed by atoms with Gasteiger partial charge in [0.1, 0.15) is 0 Å². The van der Waals surface area contributed by atoms with E-state index in [1.165, 1.54) is 58.1 Å². The van der Waals surface area contributed by atoms with Crippen LogP contribution in [0.2, 0.25) is 0 Å². The van der Waals surface area contributed by atoms with Crippen LogP contribution in [0.3, 0.4) is 0 Å². The number of fused-ring (bicyclic) bond motifs is 3. The summed E-state index contributed by atoms with van der Waals surface area (Å²) in [6.45, 7) is 6.91. The average Bonchev–Trinajstić information content (AvgIpc) is 3.12. The van der Waals surface area contributed by atoms with Crippen LogP contribution < -0.4 is 3.27 Å². The number of rotatable bonds is 1. The fourth-order valence-corrected chi connectivity index (χ4v) is 4.86. The minimum absolute atomic E-state index is 0.246. The quantitative estimate of drug-likeness (QED) is 0.548. The monoisotopic (exact) mass is 375 g/mol. The summed E-state index contributed by atoms with van der Waals surface area (Å²) in [4.78, 5) is 0. The molecule has 0 amide bonds. The summed E-state index contributed by atoms with van der Waals surface area (Å²) in [5.74, 6) is 0. The van der Waals surface area contributed by atoms with E-state index in [0.29, 0.717) is 0 Å². The zero-order chi connectivity index (χ0) is 16.2. The van der Waals surface area contributed by atoms with E-state index < -0.39 is 0 Å². The van der Waals surface area contributed by atoms with Crippen LogP contribution in [0.25, 0.3) is 16.7 Å². The van der Waals surface area contributed by atoms with E-state index in [0.717, 1.165) is 12.8 Å². The summed E-state index contributed by atoms with van der Waals surface area (Å²) in [7, 11) is 0. The molecule has 0 saturated heterocycles. The molecular weight excluding hydrogens is 355 g/mol. The predicted molar refractivity (Wildman–Crippen MR) is 94.5 cm³/mol. The second kappa shape index (κ2) is 5.42. The molecule has 4 rings (SSSR count). The summed E-state index contributed by atoms with van der Waals surface area (Å²) < 4.78 is 1.56. The van der Waals surface area contributed by atoms with Gasteiger partial charge in [-0.05, 0) is 0 Å². The summed E-state index contributed by atoms with van der Waals surface area (Å²) in [6, 6.07) is 13.6. The van der Waals surface area contributed by atoms with Gasteiger partial charge in [-0.2, -0.15) is 0 Å². The summed E-state index contributed by atoms with van der Waals surface area (Å²) in [5.41, 5.74) is 10.6. The first-order valence-electron chi connectivity index (χ1n) is 8.32. The first-order valence-corrected chi connectivity index (χ1v) is 9.55. The van der Waals surface area contributed by atoms with Gasteiger partial charge >= 0.3 is 155 Å². The summed E-state index contributed by atoms with van der Waals surface area (Å²) >= 11 is 1.53. The van der Waals surface area contributed by atoms with Crippen LogP contribution in [0.4, 0.5) is 0 Å². The predicted octanol–water partition coefficient (Wildman–Crippen LogP) is 5.19. The van der Waals surface area contributed by atoms with Crippen molar-refractivity contribution in [2.45, 2.75) is 33.6 Å². The third kappa shape index (κ3) is 2.54. The van der Waals surface area contributed by atoms with Crippen LogP contribution in [0.1, 0.15) is 43.9 Å². The molecule has 0 unspecified atom stereocenters. The third-order valence-corrected chi connectivity index (χ3v) is 6.48. The molecule has 2 aromatic carbocycles. The van der Waals surface area contributed by atoms with Crippen molar-refractivity contribution in [2.24, 2.45) is 5.41 Å². The molecule has 2 aliphatic carbocycles. The maximum atomic E-state index is 2.43. The Morgan fingerprint density at radius 3 is 2.39 bits per heavy atom. The Labute approximate surface area is 154 Å². The molecule has 0 atom stereocenters. The maximum absolute atomic E-state index is 2.43. The van der Waals surface area contributed by atoms with Gasteiger partial charge in [-0.25, -0.2) is 0 Å². The number of hydrogen-bond donors (Lipinski definition) is 0. The third-order valence-electron chi connectivity index (χ3n) is 5.07. The molecule has 1 heteroatoms. The van der Waals surface area contributed by atoms with E-state index in [1.807, 2.05) is 0 Å². The fraction of sp³-hybridized carbons (Fsp3) is 0.273. The molecule has 0 spiro atoms. The van der Waals surface area contributed by atoms with Crippen molar-refractivity contribution in [1.82, 2.24) is 0 Å². The number of benzene rings is 2. The Morgan fingerprint density at radius 2 is 1.65 bits per heavy atom. The number of allylic oxidation sites excluding steroid dienone is 4. The van der Waals surface area contributed by atoms with Crippen molar-refractivity contribution >= 4 is 8.84 Å². The van der Waals surface area contributed by atoms with Gasteiger partial charge in [0.25, 0.3) is 0 Å². The van der Waals surface area contributed by atoms with Crippen molar-refractivity contribution in [2.75, 3.05) is 0 Å². The number of hydrogen-bond acceptors (Lipinski definition) is 0. The van der Waals surface area contributed by atoms with Gasteiger partial charge in [-0.15, -0.1) is 0 Å². The van der Waals surface area contributed by atoms with E-state index in [2.05, 4.69) is 69.3 Å². The van der Waals surface area contributed by atoms with Gasteiger partial charge in [0.15, 0.2) is 0 Å². The van der Waals surface area contributed by atoms with Crippen LogP contribution in [-0.2, 0) is 31.1 Å². The van der Waals surface area contributed by atoms with Crippen LogP contribution in [-0.4, -0.2) is 0 Å². The van der Waals surface area contributed by atoms with E-state index in [1.54, 1.807) is 8.83 Å². The van der Waals surface area contributed by atoms with Crippen molar-refractivity contribution in [1.29, 1.82) is 0 Å². The SMILES string of the molecule is CC(C)(C)C1=CCC(c2ccc3c([c]2[Zr])Cc2ccccc2-3)=C1. The molecule has 0 aliphatic heterocycles. The van der Waals surface area contributed by atoms with Crippen molar-refractivity contribution in [3.8, 4) is 11.1 Å². The van der Waals surface area contributed by atoms with Gasteiger partial charge in [-0.1, -0.05) is 0 Å². The normalized spacial score (nSPS) is 15.9. The first-order chi connectivity index (χ1) is 10.9. The van der Waals surface area contributed by atoms with Gasteiger partial charge < -0.3 is 0 Å². The molecule has 0 saturated carbocycles. The molecule has 0 radical (unpaired) electrons. The molecular formula is C22H21Zr. The minimum atomic E-state index is 0.246. The first kappa shape index (κ1) is 15.3. The van der Waals surface area contributed by atoms with Gasteiger partial charge in [0.05, 0.1) is 0 Å². The molecule has 0 heterocycles. The zero-order valence-corrected chi connectivity index (χ0v) is 16.5. The second-order valence-electron chi connectivity index (χ2n) is 7.63. The average molecular weight is 377 g/mol. The fourth-order valence-electron chi connectivity index (χ4n) is 3.71. The standard InChI is InChI=1S/C22H21.Zr/c1-22(2,3)19-10-8-16(14-19)15-9-11-21-18(12-15)13-17-6-4-5-7-20(17)21;/h4-7,9-11,14H,8,13H2,1-3H3;. The summed E-state index contributed by atoms with van der Waals surface area (Å²) in [6.07, 6.45) is 7.02. The second-order valence-corrected chi connectivity index (χ2v) is 8.86. The summed E-state index contributed by atoms with van der Waals surface area (Å²) in [5, 5.41) is 0. The van der Waals surface area contributed by atoms with Crippen molar-refractivity contribution < 1.29 is 24.7 Å². The molecule has 0 nitrogen and oxygen atoms in total. The Balaban J connectivity index is 1.76. The van der Waals surface area contributed by atoms with Crippen LogP contribution in [0.5, 0.6) is 0 Å². The molecule has 0 bridgehead atoms. The van der Waals surface area contributed by atoms with Crippen molar-refractivity contribution in [3.63, 3.8) is 0 Å². The molecule has 113 valence electrons. The van der Waals surface area contributed by atoms with E-state index >= 15 is 0 Å². The Kier molecular flexibility index (Phi) is 3.61. The van der Waals surface area contributed by atoms with Gasteiger partial charge in [-0.3, -0.25) is 0 Å². The Bertz CT molecular complexity index is 860. The van der Waals surface area contributed by atoms with E-state index in [9.17, 15) is 0 Å². The molecule has 0 fully saturated rings. The Morgan fingerprint density at radius 1 is 0.913 bits per heavy atom. The van der Waals surface area contributed by atoms with Gasteiger partial charge in [0.2, 0.25) is 0 Å². The molecule has 2 aromatic rings. The van der Waals surface area contributed by atoms with Crippen molar-refractivity contribution in [3.05, 3.63) is 70.8 Å². The van der Waals surface area contributed by atoms with E-state index in [4.69, 9.17) is 0 Å². The van der Waals surface area contributed by atoms with E-state index in [-0.39, 0.29) is 5.41 Å². The van der Waals surface area contributed by atoms with Crippen LogP contribution >= 0.6 is 0 Å². The molecule has 0 aromatic heterocycles. The molecule has 0 N–H and O–H groups in total.